The summed E-state index contributed by atoms with van der Waals surface area (Å²) in [6.45, 7) is 6.35. The van der Waals surface area contributed by atoms with Gasteiger partial charge in [-0.3, -0.25) is 4.79 Å². The summed E-state index contributed by atoms with van der Waals surface area (Å²) in [5.74, 6) is 1.51. The molecule has 2 aliphatic rings. The summed E-state index contributed by atoms with van der Waals surface area (Å²) in [5, 5.41) is 0. The minimum Gasteiger partial charge on any atom is -0.393 e. The van der Waals surface area contributed by atoms with Crippen LogP contribution < -0.4 is 5.73 Å². The van der Waals surface area contributed by atoms with Crippen molar-refractivity contribution in [2.75, 3.05) is 13.1 Å². The lowest BCUT2D eigenvalue weighted by Crippen LogP contribution is -2.34. The first-order chi connectivity index (χ1) is 6.43. The molecule has 2 unspecified atom stereocenters. The smallest absolute Gasteiger partial charge is 0.229 e. The van der Waals surface area contributed by atoms with Crippen LogP contribution in [0.1, 0.15) is 20.3 Å². The second-order valence-electron chi connectivity index (χ2n) is 4.98. The van der Waals surface area contributed by atoms with Crippen molar-refractivity contribution in [3.05, 3.63) is 0 Å². The van der Waals surface area contributed by atoms with Gasteiger partial charge in [0.15, 0.2) is 0 Å². The zero-order valence-corrected chi connectivity index (χ0v) is 9.43. The van der Waals surface area contributed by atoms with Crippen molar-refractivity contribution in [3.8, 4) is 0 Å². The first kappa shape index (κ1) is 9.90. The third kappa shape index (κ3) is 1.41. The average molecular weight is 212 g/mol. The number of likely N-dealkylation sites (tertiary alicyclic amines) is 1. The summed E-state index contributed by atoms with van der Waals surface area (Å²) in [5.41, 5.74) is 5.80. The Kier molecular flexibility index (Phi) is 2.07. The van der Waals surface area contributed by atoms with Crippen molar-refractivity contribution in [2.45, 2.75) is 20.3 Å². The molecule has 2 atom stereocenters. The number of piperidine rings is 1. The van der Waals surface area contributed by atoms with E-state index < -0.39 is 0 Å². The SMILES string of the molecule is CC1(C)C2CN(C(=O)CC(N)=S)CC21. The molecular formula is C10H16N2OS. The van der Waals surface area contributed by atoms with E-state index in [4.69, 9.17) is 18.0 Å². The third-order valence-corrected chi connectivity index (χ3v) is 3.94. The molecule has 0 bridgehead atoms. The van der Waals surface area contributed by atoms with Gasteiger partial charge in [0.1, 0.15) is 0 Å². The number of nitrogens with two attached hydrogens (primary N) is 1. The minimum absolute atomic E-state index is 0.0977. The molecule has 1 saturated heterocycles. The molecule has 4 heteroatoms. The van der Waals surface area contributed by atoms with Gasteiger partial charge in [-0.15, -0.1) is 0 Å². The Bertz CT molecular complexity index is 286. The average Bonchev–Trinajstić information content (AvgIpc) is 2.50. The van der Waals surface area contributed by atoms with E-state index in [1.807, 2.05) is 4.90 Å². The number of hydrogen-bond acceptors (Lipinski definition) is 2. The van der Waals surface area contributed by atoms with Gasteiger partial charge in [0.25, 0.3) is 0 Å². The molecule has 3 nitrogen and oxygen atoms in total. The van der Waals surface area contributed by atoms with Crippen molar-refractivity contribution in [1.29, 1.82) is 0 Å². The first-order valence-electron chi connectivity index (χ1n) is 4.99. The van der Waals surface area contributed by atoms with E-state index in [9.17, 15) is 4.79 Å². The summed E-state index contributed by atoms with van der Waals surface area (Å²) >= 11 is 4.72. The largest absolute Gasteiger partial charge is 0.393 e. The number of carbonyl (C=O) groups is 1. The van der Waals surface area contributed by atoms with Crippen molar-refractivity contribution in [3.63, 3.8) is 0 Å². The number of hydrogen-bond donors (Lipinski definition) is 1. The number of thiocarbonyl (C=S) groups is 1. The van der Waals surface area contributed by atoms with Gasteiger partial charge >= 0.3 is 0 Å². The van der Waals surface area contributed by atoms with Gasteiger partial charge in [-0.25, -0.2) is 0 Å². The van der Waals surface area contributed by atoms with Crippen molar-refractivity contribution >= 4 is 23.1 Å². The Morgan fingerprint density at radius 1 is 1.50 bits per heavy atom. The molecule has 0 aromatic heterocycles. The van der Waals surface area contributed by atoms with E-state index in [1.165, 1.54) is 0 Å². The molecule has 1 saturated carbocycles. The van der Waals surface area contributed by atoms with Crippen LogP contribution in [0.2, 0.25) is 0 Å². The molecule has 1 aliphatic carbocycles. The molecule has 2 fully saturated rings. The molecule has 1 heterocycles. The highest BCUT2D eigenvalue weighted by Gasteiger charge is 2.62. The summed E-state index contributed by atoms with van der Waals surface area (Å²) < 4.78 is 0. The quantitative estimate of drug-likeness (QED) is 0.688. The lowest BCUT2D eigenvalue weighted by Gasteiger charge is -2.21. The maximum absolute atomic E-state index is 11.6. The molecule has 0 spiro atoms. The Morgan fingerprint density at radius 2 is 2.00 bits per heavy atom. The Labute approximate surface area is 89.6 Å². The van der Waals surface area contributed by atoms with Crippen molar-refractivity contribution in [2.24, 2.45) is 23.0 Å². The summed E-state index contributed by atoms with van der Waals surface area (Å²) in [4.78, 5) is 13.8. The number of rotatable bonds is 2. The maximum atomic E-state index is 11.6. The lowest BCUT2D eigenvalue weighted by atomic mass is 10.1. The monoisotopic (exact) mass is 212 g/mol. The molecule has 0 radical (unpaired) electrons. The molecule has 2 N–H and O–H groups in total. The minimum atomic E-state index is 0.0977. The number of carbonyl (C=O) groups excluding carboxylic acids is 1. The zero-order chi connectivity index (χ0) is 10.5. The van der Waals surface area contributed by atoms with Crippen LogP contribution >= 0.6 is 12.2 Å². The van der Waals surface area contributed by atoms with E-state index >= 15 is 0 Å². The highest BCUT2D eigenvalue weighted by atomic mass is 32.1. The molecule has 1 aliphatic heterocycles. The van der Waals surface area contributed by atoms with Gasteiger partial charge < -0.3 is 10.6 Å². The van der Waals surface area contributed by atoms with Crippen LogP contribution in [0.25, 0.3) is 0 Å². The summed E-state index contributed by atoms with van der Waals surface area (Å²) in [6, 6.07) is 0. The molecule has 78 valence electrons. The Morgan fingerprint density at radius 3 is 2.43 bits per heavy atom. The van der Waals surface area contributed by atoms with Gasteiger partial charge in [-0.2, -0.15) is 0 Å². The number of fused-ring (bicyclic) bond motifs is 1. The molecule has 0 aromatic carbocycles. The fraction of sp³-hybridized carbons (Fsp3) is 0.800. The predicted octanol–water partition coefficient (Wildman–Crippen LogP) is 0.777. The van der Waals surface area contributed by atoms with Crippen LogP contribution in [-0.4, -0.2) is 28.9 Å². The van der Waals surface area contributed by atoms with Gasteiger partial charge in [0, 0.05) is 13.1 Å². The van der Waals surface area contributed by atoms with Crippen LogP contribution in [0, 0.1) is 17.3 Å². The highest BCUT2D eigenvalue weighted by Crippen LogP contribution is 2.61. The Hall–Kier alpha value is -0.640. The Balaban J connectivity index is 1.88. The fourth-order valence-corrected chi connectivity index (χ4v) is 2.72. The normalized spacial score (nSPS) is 32.6. The molecule has 2 rings (SSSR count). The van der Waals surface area contributed by atoms with Crippen LogP contribution in [-0.2, 0) is 4.79 Å². The summed E-state index contributed by atoms with van der Waals surface area (Å²) in [6.07, 6.45) is 0.231. The van der Waals surface area contributed by atoms with Crippen LogP contribution in [0.3, 0.4) is 0 Å². The van der Waals surface area contributed by atoms with E-state index in [2.05, 4.69) is 13.8 Å². The van der Waals surface area contributed by atoms with E-state index in [1.54, 1.807) is 0 Å². The van der Waals surface area contributed by atoms with Gasteiger partial charge in [0.2, 0.25) is 5.91 Å². The van der Waals surface area contributed by atoms with Crippen molar-refractivity contribution < 1.29 is 4.79 Å². The van der Waals surface area contributed by atoms with E-state index in [-0.39, 0.29) is 12.3 Å². The van der Waals surface area contributed by atoms with Crippen LogP contribution in [0.5, 0.6) is 0 Å². The number of amides is 1. The second-order valence-corrected chi connectivity index (χ2v) is 5.50. The molecule has 1 amide bonds. The van der Waals surface area contributed by atoms with Gasteiger partial charge in [-0.1, -0.05) is 26.1 Å². The van der Waals surface area contributed by atoms with Crippen molar-refractivity contribution in [1.82, 2.24) is 4.90 Å². The highest BCUT2D eigenvalue weighted by molar-refractivity contribution is 7.80. The molecule has 14 heavy (non-hydrogen) atoms. The fourth-order valence-electron chi connectivity index (χ4n) is 2.60. The molecule has 0 aromatic rings. The lowest BCUT2D eigenvalue weighted by molar-refractivity contribution is -0.129. The topological polar surface area (TPSA) is 46.3 Å². The van der Waals surface area contributed by atoms with Crippen LogP contribution in [0.4, 0.5) is 0 Å². The zero-order valence-electron chi connectivity index (χ0n) is 8.62. The summed E-state index contributed by atoms with van der Waals surface area (Å²) in [7, 11) is 0. The van der Waals surface area contributed by atoms with E-state index in [0.29, 0.717) is 22.2 Å². The maximum Gasteiger partial charge on any atom is 0.229 e. The van der Waals surface area contributed by atoms with Crippen LogP contribution in [0.15, 0.2) is 0 Å². The second kappa shape index (κ2) is 2.92. The standard InChI is InChI=1S/C10H16N2OS/c1-10(2)6-4-12(5-7(6)10)9(13)3-8(11)14/h6-7H,3-5H2,1-2H3,(H2,11,14). The third-order valence-electron chi connectivity index (χ3n) is 3.80. The predicted molar refractivity (Wildman–Crippen MR) is 58.7 cm³/mol. The molecular weight excluding hydrogens is 196 g/mol. The van der Waals surface area contributed by atoms with Gasteiger partial charge in [-0.05, 0) is 17.3 Å². The number of nitrogens with zero attached hydrogens (tertiary/aromatic N) is 1. The first-order valence-corrected chi connectivity index (χ1v) is 5.40. The van der Waals surface area contributed by atoms with E-state index in [0.717, 1.165) is 13.1 Å². The van der Waals surface area contributed by atoms with Gasteiger partial charge in [0.05, 0.1) is 11.4 Å².